The second-order valence-electron chi connectivity index (χ2n) is 6.41. The number of hydrogen-bond donors (Lipinski definition) is 1. The van der Waals surface area contributed by atoms with Crippen molar-refractivity contribution in [1.29, 1.82) is 0 Å². The average molecular weight is 365 g/mol. The Morgan fingerprint density at radius 1 is 1.24 bits per heavy atom. The van der Waals surface area contributed by atoms with Crippen LogP contribution in [-0.4, -0.2) is 41.9 Å². The van der Waals surface area contributed by atoms with E-state index in [-0.39, 0.29) is 11.8 Å². The number of hydrogen-bond acceptors (Lipinski definition) is 5. The van der Waals surface area contributed by atoms with Crippen molar-refractivity contribution in [2.24, 2.45) is 11.8 Å². The Hall–Kier alpha value is -1.92. The minimum Gasteiger partial charge on any atom is -0.468 e. The topological polar surface area (TPSA) is 75.7 Å². The number of carbonyl (C=O) groups is 3. The van der Waals surface area contributed by atoms with Crippen LogP contribution in [0.4, 0.5) is 0 Å². The van der Waals surface area contributed by atoms with Crippen molar-refractivity contribution < 1.29 is 19.1 Å². The zero-order valence-corrected chi connectivity index (χ0v) is 15.2. The number of benzene rings is 1. The number of ether oxygens (including phenoxy) is 1. The van der Waals surface area contributed by atoms with Gasteiger partial charge in [-0.05, 0) is 31.0 Å². The molecule has 0 aliphatic carbocycles. The highest BCUT2D eigenvalue weighted by Gasteiger charge is 2.67. The van der Waals surface area contributed by atoms with Crippen LogP contribution in [0.15, 0.2) is 24.3 Å². The summed E-state index contributed by atoms with van der Waals surface area (Å²) in [5.41, 5.74) is -0.391. The Kier molecular flexibility index (Phi) is 4.60. The Balaban J connectivity index is 2.13. The van der Waals surface area contributed by atoms with Gasteiger partial charge in [0, 0.05) is 17.6 Å². The number of imide groups is 1. The summed E-state index contributed by atoms with van der Waals surface area (Å²) in [7, 11) is 1.30. The van der Waals surface area contributed by atoms with Gasteiger partial charge in [-0.3, -0.25) is 24.6 Å². The summed E-state index contributed by atoms with van der Waals surface area (Å²) in [5.74, 6) is -2.47. The largest absolute Gasteiger partial charge is 0.468 e. The maximum absolute atomic E-state index is 12.9. The van der Waals surface area contributed by atoms with E-state index in [0.717, 1.165) is 5.56 Å². The number of fused-ring (bicyclic) bond motifs is 1. The summed E-state index contributed by atoms with van der Waals surface area (Å²) in [5, 5.41) is 3.84. The molecule has 1 N–H and O–H groups in total. The standard InChI is InChI=1S/C18H21ClN2O4/c1-4-18(17(24)25-3)13-12(15(22)21(5-2)16(13)23)14(20-18)10-6-8-11(19)9-7-10/h6-9,12-14,20H,4-5H2,1-3H3/t12-,13-,14-,18+/m0/s1. The molecule has 2 amide bonds. The molecule has 0 radical (unpaired) electrons. The van der Waals surface area contributed by atoms with E-state index in [1.807, 2.05) is 19.1 Å². The predicted molar refractivity (Wildman–Crippen MR) is 91.7 cm³/mol. The molecule has 1 aromatic rings. The van der Waals surface area contributed by atoms with Crippen LogP contribution in [0.5, 0.6) is 0 Å². The van der Waals surface area contributed by atoms with Crippen molar-refractivity contribution >= 4 is 29.4 Å². The van der Waals surface area contributed by atoms with Gasteiger partial charge in [-0.2, -0.15) is 0 Å². The van der Waals surface area contributed by atoms with Gasteiger partial charge >= 0.3 is 5.97 Å². The molecule has 0 unspecified atom stereocenters. The lowest BCUT2D eigenvalue weighted by Gasteiger charge is -2.31. The highest BCUT2D eigenvalue weighted by atomic mass is 35.5. The first-order valence-electron chi connectivity index (χ1n) is 8.38. The van der Waals surface area contributed by atoms with Crippen LogP contribution in [-0.2, 0) is 19.1 Å². The molecule has 0 spiro atoms. The Bertz CT molecular complexity index is 720. The summed E-state index contributed by atoms with van der Waals surface area (Å²) >= 11 is 5.96. The molecule has 0 bridgehead atoms. The number of nitrogens with one attached hydrogen (secondary N) is 1. The normalized spacial score (nSPS) is 31.4. The molecular weight excluding hydrogens is 344 g/mol. The molecule has 4 atom stereocenters. The molecule has 7 heteroatoms. The summed E-state index contributed by atoms with van der Waals surface area (Å²) in [6.07, 6.45) is 0.349. The lowest BCUT2D eigenvalue weighted by molar-refractivity contribution is -0.154. The van der Waals surface area contributed by atoms with Crippen LogP contribution in [0.1, 0.15) is 31.9 Å². The van der Waals surface area contributed by atoms with Gasteiger partial charge in [-0.1, -0.05) is 30.7 Å². The van der Waals surface area contributed by atoms with Gasteiger partial charge < -0.3 is 4.74 Å². The Labute approximate surface area is 151 Å². The molecule has 3 rings (SSSR count). The predicted octanol–water partition coefficient (Wildman–Crippen LogP) is 1.93. The lowest BCUT2D eigenvalue weighted by Crippen LogP contribution is -2.55. The lowest BCUT2D eigenvalue weighted by atomic mass is 9.78. The highest BCUT2D eigenvalue weighted by Crippen LogP contribution is 2.50. The molecule has 0 saturated carbocycles. The second kappa shape index (κ2) is 6.42. The van der Waals surface area contributed by atoms with E-state index in [9.17, 15) is 14.4 Å². The van der Waals surface area contributed by atoms with Crippen LogP contribution in [0.3, 0.4) is 0 Å². The number of nitrogens with zero attached hydrogens (tertiary/aromatic N) is 1. The average Bonchev–Trinajstić information content (AvgIpc) is 3.10. The van der Waals surface area contributed by atoms with E-state index >= 15 is 0 Å². The van der Waals surface area contributed by atoms with E-state index in [0.29, 0.717) is 18.0 Å². The van der Waals surface area contributed by atoms with Gasteiger partial charge in [0.05, 0.1) is 18.9 Å². The van der Waals surface area contributed by atoms with Crippen LogP contribution < -0.4 is 5.32 Å². The van der Waals surface area contributed by atoms with Crippen LogP contribution in [0, 0.1) is 11.8 Å². The maximum atomic E-state index is 12.9. The van der Waals surface area contributed by atoms with Gasteiger partial charge in [0.25, 0.3) is 0 Å². The van der Waals surface area contributed by atoms with Gasteiger partial charge in [-0.15, -0.1) is 0 Å². The fourth-order valence-electron chi connectivity index (χ4n) is 4.17. The van der Waals surface area contributed by atoms with E-state index in [4.69, 9.17) is 16.3 Å². The first kappa shape index (κ1) is 17.9. The van der Waals surface area contributed by atoms with Crippen molar-refractivity contribution in [2.45, 2.75) is 31.8 Å². The molecule has 25 heavy (non-hydrogen) atoms. The summed E-state index contributed by atoms with van der Waals surface area (Å²) in [6.45, 7) is 3.86. The number of halogens is 1. The van der Waals surface area contributed by atoms with E-state index in [2.05, 4.69) is 5.32 Å². The minimum absolute atomic E-state index is 0.246. The highest BCUT2D eigenvalue weighted by molar-refractivity contribution is 6.30. The summed E-state index contributed by atoms with van der Waals surface area (Å²) < 4.78 is 4.99. The number of carbonyl (C=O) groups excluding carboxylic acids is 3. The maximum Gasteiger partial charge on any atom is 0.326 e. The fourth-order valence-corrected chi connectivity index (χ4v) is 4.29. The van der Waals surface area contributed by atoms with E-state index in [1.54, 1.807) is 19.1 Å². The third-order valence-electron chi connectivity index (χ3n) is 5.40. The number of amides is 2. The van der Waals surface area contributed by atoms with Crippen molar-refractivity contribution in [3.8, 4) is 0 Å². The van der Waals surface area contributed by atoms with Crippen LogP contribution in [0.25, 0.3) is 0 Å². The van der Waals surface area contributed by atoms with Gasteiger partial charge in [0.15, 0.2) is 0 Å². The first-order chi connectivity index (χ1) is 11.9. The number of esters is 1. The van der Waals surface area contributed by atoms with Crippen molar-refractivity contribution in [2.75, 3.05) is 13.7 Å². The zero-order valence-electron chi connectivity index (χ0n) is 14.4. The summed E-state index contributed by atoms with van der Waals surface area (Å²) in [6, 6.07) is 6.64. The first-order valence-corrected chi connectivity index (χ1v) is 8.75. The summed E-state index contributed by atoms with van der Waals surface area (Å²) in [4.78, 5) is 39.6. The van der Waals surface area contributed by atoms with Gasteiger partial charge in [0.1, 0.15) is 5.54 Å². The number of likely N-dealkylation sites (tertiary alicyclic amines) is 1. The van der Waals surface area contributed by atoms with Gasteiger partial charge in [-0.25, -0.2) is 0 Å². The van der Waals surface area contributed by atoms with E-state index < -0.39 is 29.4 Å². The third kappa shape index (κ3) is 2.47. The third-order valence-corrected chi connectivity index (χ3v) is 5.65. The molecule has 1 aromatic carbocycles. The molecule has 6 nitrogen and oxygen atoms in total. The van der Waals surface area contributed by atoms with Crippen molar-refractivity contribution in [3.05, 3.63) is 34.9 Å². The van der Waals surface area contributed by atoms with Gasteiger partial charge in [0.2, 0.25) is 11.8 Å². The molecule has 134 valence electrons. The number of methoxy groups -OCH3 is 1. The fraction of sp³-hybridized carbons (Fsp3) is 0.500. The van der Waals surface area contributed by atoms with Crippen LogP contribution >= 0.6 is 11.6 Å². The molecule has 2 aliphatic rings. The molecular formula is C18H21ClN2O4. The van der Waals surface area contributed by atoms with E-state index in [1.165, 1.54) is 12.0 Å². The zero-order chi connectivity index (χ0) is 18.4. The van der Waals surface area contributed by atoms with Crippen molar-refractivity contribution in [3.63, 3.8) is 0 Å². The molecule has 2 heterocycles. The smallest absolute Gasteiger partial charge is 0.326 e. The monoisotopic (exact) mass is 364 g/mol. The Morgan fingerprint density at radius 2 is 1.88 bits per heavy atom. The quantitative estimate of drug-likeness (QED) is 0.652. The minimum atomic E-state index is -1.21. The molecule has 0 aromatic heterocycles. The molecule has 2 saturated heterocycles. The second-order valence-corrected chi connectivity index (χ2v) is 6.85. The van der Waals surface area contributed by atoms with Crippen LogP contribution in [0.2, 0.25) is 5.02 Å². The number of rotatable bonds is 4. The molecule has 2 fully saturated rings. The molecule has 2 aliphatic heterocycles. The SMILES string of the molecule is CCN1C(=O)[C@H]2[C@@H](C1=O)[C@](CC)(C(=O)OC)N[C@H]2c1ccc(Cl)cc1. The van der Waals surface area contributed by atoms with Crippen molar-refractivity contribution in [1.82, 2.24) is 10.2 Å². The Morgan fingerprint density at radius 3 is 2.40 bits per heavy atom.